The zero-order valence-corrected chi connectivity index (χ0v) is 6.52. The average molecular weight is 164 g/mol. The van der Waals surface area contributed by atoms with Gasteiger partial charge in [-0.3, -0.25) is 10.2 Å². The number of rotatable bonds is 2. The van der Waals surface area contributed by atoms with Gasteiger partial charge >= 0.3 is 0 Å². The summed E-state index contributed by atoms with van der Waals surface area (Å²) < 4.78 is 0. The van der Waals surface area contributed by atoms with Gasteiger partial charge in [0.2, 0.25) is 0 Å². The number of aromatic nitrogens is 6. The van der Waals surface area contributed by atoms with Crippen molar-refractivity contribution in [3.8, 4) is 0 Å². The second kappa shape index (κ2) is 2.72. The molecular formula is C6H8N6. The summed E-state index contributed by atoms with van der Waals surface area (Å²) in [7, 11) is 0. The van der Waals surface area contributed by atoms with Gasteiger partial charge in [0.1, 0.15) is 0 Å². The highest BCUT2D eigenvalue weighted by molar-refractivity contribution is 5.14. The van der Waals surface area contributed by atoms with Crippen LogP contribution in [0.3, 0.4) is 0 Å². The van der Waals surface area contributed by atoms with Gasteiger partial charge in [0, 0.05) is 18.3 Å². The molecule has 0 spiro atoms. The number of hydrogen-bond acceptors (Lipinski definition) is 4. The molecule has 2 aromatic rings. The van der Waals surface area contributed by atoms with E-state index in [1.165, 1.54) is 0 Å². The lowest BCUT2D eigenvalue weighted by Crippen LogP contribution is -1.96. The predicted octanol–water partition coefficient (Wildman–Crippen LogP) is 0.0746. The Bertz CT molecular complexity index is 289. The Morgan fingerprint density at radius 2 is 1.58 bits per heavy atom. The van der Waals surface area contributed by atoms with Crippen LogP contribution in [0.5, 0.6) is 0 Å². The van der Waals surface area contributed by atoms with Gasteiger partial charge < -0.3 is 0 Å². The normalized spacial score (nSPS) is 10.8. The molecule has 0 bridgehead atoms. The van der Waals surface area contributed by atoms with Gasteiger partial charge in [-0.25, -0.2) is 0 Å². The third-order valence-electron chi connectivity index (χ3n) is 1.76. The Hall–Kier alpha value is -1.72. The zero-order valence-electron chi connectivity index (χ0n) is 6.52. The molecule has 0 aliphatic carbocycles. The van der Waals surface area contributed by atoms with Gasteiger partial charge in [0.05, 0.1) is 11.4 Å². The Kier molecular flexibility index (Phi) is 1.58. The van der Waals surface area contributed by atoms with Gasteiger partial charge in [-0.2, -0.15) is 0 Å². The topological polar surface area (TPSA) is 83.1 Å². The standard InChI is InChI=1S/C6H8N6/c1-4(5-2-7-11-9-5)6-3-8-12-10-6/h2-4H,1H3,(H,7,9,11)(H,8,10,12). The number of hydrogen-bond donors (Lipinski definition) is 2. The second-order valence-corrected chi connectivity index (χ2v) is 2.52. The molecule has 6 heteroatoms. The van der Waals surface area contributed by atoms with Gasteiger partial charge in [0.25, 0.3) is 0 Å². The van der Waals surface area contributed by atoms with Crippen LogP contribution in [0.2, 0.25) is 0 Å². The Morgan fingerprint density at radius 1 is 1.08 bits per heavy atom. The minimum Gasteiger partial charge on any atom is -0.265 e. The highest BCUT2D eigenvalue weighted by Gasteiger charge is 2.12. The number of nitrogens with zero attached hydrogens (tertiary/aromatic N) is 4. The third kappa shape index (κ3) is 1.07. The maximum Gasteiger partial charge on any atom is 0.0913 e. The number of aromatic amines is 2. The first-order chi connectivity index (χ1) is 5.88. The van der Waals surface area contributed by atoms with Crippen molar-refractivity contribution in [1.29, 1.82) is 0 Å². The van der Waals surface area contributed by atoms with Gasteiger partial charge in [-0.1, -0.05) is 17.4 Å². The summed E-state index contributed by atoms with van der Waals surface area (Å²) in [4.78, 5) is 0. The maximum absolute atomic E-state index is 3.88. The fourth-order valence-corrected chi connectivity index (χ4v) is 0.996. The van der Waals surface area contributed by atoms with E-state index in [1.54, 1.807) is 12.4 Å². The molecule has 0 radical (unpaired) electrons. The van der Waals surface area contributed by atoms with Crippen LogP contribution in [-0.2, 0) is 0 Å². The molecular weight excluding hydrogens is 156 g/mol. The summed E-state index contributed by atoms with van der Waals surface area (Å²) in [6.07, 6.45) is 3.50. The Balaban J connectivity index is 2.27. The zero-order chi connectivity index (χ0) is 8.39. The Labute approximate surface area is 68.4 Å². The molecule has 0 aliphatic rings. The molecule has 2 N–H and O–H groups in total. The molecule has 0 amide bonds. The van der Waals surface area contributed by atoms with Crippen molar-refractivity contribution in [3.63, 3.8) is 0 Å². The van der Waals surface area contributed by atoms with E-state index in [4.69, 9.17) is 0 Å². The van der Waals surface area contributed by atoms with Crippen molar-refractivity contribution in [2.45, 2.75) is 12.8 Å². The molecule has 12 heavy (non-hydrogen) atoms. The second-order valence-electron chi connectivity index (χ2n) is 2.52. The number of nitrogens with one attached hydrogen (secondary N) is 2. The van der Waals surface area contributed by atoms with E-state index in [0.29, 0.717) is 0 Å². The van der Waals surface area contributed by atoms with E-state index >= 15 is 0 Å². The molecule has 2 heterocycles. The highest BCUT2D eigenvalue weighted by Crippen LogP contribution is 2.17. The van der Waals surface area contributed by atoms with E-state index in [9.17, 15) is 0 Å². The van der Waals surface area contributed by atoms with Crippen molar-refractivity contribution in [2.75, 3.05) is 0 Å². The summed E-state index contributed by atoms with van der Waals surface area (Å²) >= 11 is 0. The van der Waals surface area contributed by atoms with Gasteiger partial charge in [-0.15, -0.1) is 10.2 Å². The molecule has 0 aromatic carbocycles. The van der Waals surface area contributed by atoms with Crippen LogP contribution >= 0.6 is 0 Å². The molecule has 6 nitrogen and oxygen atoms in total. The first-order valence-electron chi connectivity index (χ1n) is 3.60. The van der Waals surface area contributed by atoms with Crippen molar-refractivity contribution in [2.24, 2.45) is 0 Å². The van der Waals surface area contributed by atoms with Crippen molar-refractivity contribution in [3.05, 3.63) is 23.8 Å². The van der Waals surface area contributed by atoms with E-state index in [-0.39, 0.29) is 5.92 Å². The van der Waals surface area contributed by atoms with Crippen LogP contribution < -0.4 is 0 Å². The monoisotopic (exact) mass is 164 g/mol. The van der Waals surface area contributed by atoms with Gasteiger partial charge in [-0.05, 0) is 0 Å². The van der Waals surface area contributed by atoms with Crippen molar-refractivity contribution < 1.29 is 0 Å². The van der Waals surface area contributed by atoms with Crippen molar-refractivity contribution >= 4 is 0 Å². The molecule has 2 aromatic heterocycles. The molecule has 0 atom stereocenters. The van der Waals surface area contributed by atoms with E-state index in [1.807, 2.05) is 6.92 Å². The van der Waals surface area contributed by atoms with Crippen LogP contribution in [0, 0.1) is 0 Å². The van der Waals surface area contributed by atoms with Crippen LogP contribution in [0.4, 0.5) is 0 Å². The predicted molar refractivity (Wildman–Crippen MR) is 40.3 cm³/mol. The number of H-pyrrole nitrogens is 2. The average Bonchev–Trinajstić information content (AvgIpc) is 2.77. The molecule has 0 unspecified atom stereocenters. The summed E-state index contributed by atoms with van der Waals surface area (Å²) in [5.74, 6) is 0.127. The van der Waals surface area contributed by atoms with Gasteiger partial charge in [0.15, 0.2) is 0 Å². The molecule has 0 saturated carbocycles. The van der Waals surface area contributed by atoms with Crippen LogP contribution in [0.15, 0.2) is 12.4 Å². The fraction of sp³-hybridized carbons (Fsp3) is 0.333. The van der Waals surface area contributed by atoms with Crippen molar-refractivity contribution in [1.82, 2.24) is 30.8 Å². The lowest BCUT2D eigenvalue weighted by atomic mass is 10.1. The van der Waals surface area contributed by atoms with E-state index in [0.717, 1.165) is 11.4 Å². The van der Waals surface area contributed by atoms with Crippen LogP contribution in [0.1, 0.15) is 24.2 Å². The molecule has 62 valence electrons. The summed E-state index contributed by atoms with van der Waals surface area (Å²) in [5, 5.41) is 20.3. The summed E-state index contributed by atoms with van der Waals surface area (Å²) in [6, 6.07) is 0. The lowest BCUT2D eigenvalue weighted by Gasteiger charge is -2.00. The smallest absolute Gasteiger partial charge is 0.0913 e. The van der Waals surface area contributed by atoms with E-state index < -0.39 is 0 Å². The highest BCUT2D eigenvalue weighted by atomic mass is 15.3. The van der Waals surface area contributed by atoms with Crippen LogP contribution in [0.25, 0.3) is 0 Å². The first-order valence-corrected chi connectivity index (χ1v) is 3.60. The molecule has 0 saturated heterocycles. The SMILES string of the molecule is CC(c1c[nH]nn1)c1c[nH]nn1. The largest absolute Gasteiger partial charge is 0.265 e. The molecule has 0 fully saturated rings. The minimum atomic E-state index is 0.127. The maximum atomic E-state index is 3.88. The fourth-order valence-electron chi connectivity index (χ4n) is 0.996. The summed E-state index contributed by atoms with van der Waals surface area (Å²) in [5.41, 5.74) is 1.73. The lowest BCUT2D eigenvalue weighted by molar-refractivity contribution is 0.800. The third-order valence-corrected chi connectivity index (χ3v) is 1.76. The molecule has 2 rings (SSSR count). The molecule has 0 aliphatic heterocycles. The quantitative estimate of drug-likeness (QED) is 0.658. The Morgan fingerprint density at radius 3 is 1.92 bits per heavy atom. The first kappa shape index (κ1) is 6.96. The van der Waals surface area contributed by atoms with Crippen LogP contribution in [-0.4, -0.2) is 30.8 Å². The van der Waals surface area contributed by atoms with E-state index in [2.05, 4.69) is 30.8 Å². The minimum absolute atomic E-state index is 0.127. The summed E-state index contributed by atoms with van der Waals surface area (Å²) in [6.45, 7) is 2.00.